The van der Waals surface area contributed by atoms with Crippen molar-refractivity contribution in [3.8, 4) is 0 Å². The first-order valence-corrected chi connectivity index (χ1v) is 28.0. The molecule has 3 atom stereocenters. The maximum atomic E-state index is 12.9. The van der Waals surface area contributed by atoms with Gasteiger partial charge in [0.2, 0.25) is 5.91 Å². The van der Waals surface area contributed by atoms with E-state index in [9.17, 15) is 19.4 Å². The summed E-state index contributed by atoms with van der Waals surface area (Å²) in [4.78, 5) is 23.2. The van der Waals surface area contributed by atoms with Gasteiger partial charge >= 0.3 is 7.82 Å². The zero-order valence-corrected chi connectivity index (χ0v) is 42.3. The maximum Gasteiger partial charge on any atom is 0.472 e. The van der Waals surface area contributed by atoms with E-state index in [1.807, 2.05) is 21.1 Å². The van der Waals surface area contributed by atoms with Crippen LogP contribution in [-0.4, -0.2) is 73.4 Å². The molecule has 0 rings (SSSR count). The Bertz CT molecular complexity index is 1000. The summed E-state index contributed by atoms with van der Waals surface area (Å²) in [6.45, 7) is 4.90. The number of likely N-dealkylation sites (N-methyl/N-ethyl adjacent to an activating group) is 1. The van der Waals surface area contributed by atoms with Gasteiger partial charge in [-0.05, 0) is 38.5 Å². The monoisotopic (exact) mass is 886 g/mol. The number of phosphoric acid groups is 1. The molecule has 0 aromatic rings. The highest BCUT2D eigenvalue weighted by molar-refractivity contribution is 7.47. The van der Waals surface area contributed by atoms with Gasteiger partial charge in [0.05, 0.1) is 39.9 Å². The summed E-state index contributed by atoms with van der Waals surface area (Å²) in [5.41, 5.74) is 0. The molecule has 0 spiro atoms. The van der Waals surface area contributed by atoms with Gasteiger partial charge in [-0.1, -0.05) is 231 Å². The van der Waals surface area contributed by atoms with Crippen molar-refractivity contribution < 1.29 is 32.9 Å². The lowest BCUT2D eigenvalue weighted by Crippen LogP contribution is -2.46. The summed E-state index contributed by atoms with van der Waals surface area (Å²) >= 11 is 0. The molecule has 0 saturated carbocycles. The van der Waals surface area contributed by atoms with Gasteiger partial charge < -0.3 is 19.8 Å². The minimum absolute atomic E-state index is 0.0768. The highest BCUT2D eigenvalue weighted by atomic mass is 31.2. The Morgan fingerprint density at radius 1 is 0.541 bits per heavy atom. The summed E-state index contributed by atoms with van der Waals surface area (Å²) in [6, 6.07) is -0.755. The number of rotatable bonds is 49. The van der Waals surface area contributed by atoms with E-state index in [2.05, 4.69) is 31.3 Å². The predicted octanol–water partition coefficient (Wildman–Crippen LogP) is 15.5. The zero-order valence-electron chi connectivity index (χ0n) is 41.4. The summed E-state index contributed by atoms with van der Waals surface area (Å²) < 4.78 is 23.6. The molecule has 0 saturated heterocycles. The first-order chi connectivity index (χ1) is 29.5. The fourth-order valence-corrected chi connectivity index (χ4v) is 8.78. The van der Waals surface area contributed by atoms with Crippen LogP contribution in [0.5, 0.6) is 0 Å². The van der Waals surface area contributed by atoms with Crippen LogP contribution < -0.4 is 5.32 Å². The van der Waals surface area contributed by atoms with E-state index in [-0.39, 0.29) is 19.1 Å². The normalized spacial score (nSPS) is 14.1. The van der Waals surface area contributed by atoms with Crippen LogP contribution in [0.15, 0.2) is 12.2 Å². The van der Waals surface area contributed by atoms with Crippen molar-refractivity contribution >= 4 is 13.7 Å². The number of nitrogens with zero attached hydrogens (tertiary/aromatic N) is 1. The molecule has 0 aromatic heterocycles. The molecule has 0 aliphatic heterocycles. The summed E-state index contributed by atoms with van der Waals surface area (Å²) in [5, 5.41) is 13.9. The number of allylic oxidation sites excluding steroid dienone is 2. The van der Waals surface area contributed by atoms with E-state index in [0.717, 1.165) is 38.5 Å². The SMILES string of the molecule is CCCCCCCCCCCCCC/C=C\CCCCCCCCCCCCCCCC(=O)NC(COP(=O)(O)OCC[N+](C)(C)C)C(O)CCCCCCCCCCCC. The molecule has 9 heteroatoms. The fourth-order valence-electron chi connectivity index (χ4n) is 8.04. The number of unbranched alkanes of at least 4 members (excludes halogenated alkanes) is 34. The Hall–Kier alpha value is -0.760. The van der Waals surface area contributed by atoms with E-state index >= 15 is 0 Å². The molecule has 3 N–H and O–H groups in total. The second kappa shape index (κ2) is 44.4. The van der Waals surface area contributed by atoms with E-state index in [1.54, 1.807) is 0 Å². The highest BCUT2D eigenvalue weighted by Crippen LogP contribution is 2.43. The Labute approximate surface area is 380 Å². The molecule has 0 radical (unpaired) electrons. The Kier molecular flexibility index (Phi) is 43.9. The number of nitrogens with one attached hydrogen (secondary N) is 1. The lowest BCUT2D eigenvalue weighted by Gasteiger charge is -2.26. The Balaban J connectivity index is 3.99. The zero-order chi connectivity index (χ0) is 45.0. The predicted molar refractivity (Wildman–Crippen MR) is 263 cm³/mol. The molecule has 3 unspecified atom stereocenters. The van der Waals surface area contributed by atoms with Crippen LogP contribution in [-0.2, 0) is 18.4 Å². The number of carbonyl (C=O) groups excluding carboxylic acids is 1. The molecule has 61 heavy (non-hydrogen) atoms. The van der Waals surface area contributed by atoms with Gasteiger partial charge in [-0.2, -0.15) is 0 Å². The smallest absolute Gasteiger partial charge is 0.391 e. The lowest BCUT2D eigenvalue weighted by molar-refractivity contribution is -0.870. The molecule has 1 amide bonds. The van der Waals surface area contributed by atoms with E-state index in [4.69, 9.17) is 9.05 Å². The topological polar surface area (TPSA) is 105 Å². The molecule has 0 heterocycles. The average molecular weight is 886 g/mol. The maximum absolute atomic E-state index is 12.9. The fraction of sp³-hybridized carbons (Fsp3) is 0.942. The van der Waals surface area contributed by atoms with Crippen molar-refractivity contribution in [2.24, 2.45) is 0 Å². The molecular formula is C52H106N2O6P+. The quantitative estimate of drug-likeness (QED) is 0.0243. The third-order valence-electron chi connectivity index (χ3n) is 12.3. The summed E-state index contributed by atoms with van der Waals surface area (Å²) in [7, 11) is 1.62. The third kappa shape index (κ3) is 47.0. The van der Waals surface area contributed by atoms with Crippen molar-refractivity contribution in [3.63, 3.8) is 0 Å². The Morgan fingerprint density at radius 2 is 0.885 bits per heavy atom. The molecule has 364 valence electrons. The van der Waals surface area contributed by atoms with Gasteiger partial charge in [-0.15, -0.1) is 0 Å². The van der Waals surface area contributed by atoms with Crippen LogP contribution in [0.1, 0.15) is 264 Å². The van der Waals surface area contributed by atoms with Crippen LogP contribution >= 0.6 is 7.82 Å². The van der Waals surface area contributed by atoms with Gasteiger partial charge in [0.1, 0.15) is 13.2 Å². The summed E-state index contributed by atoms with van der Waals surface area (Å²) in [6.07, 6.45) is 52.7. The second-order valence-electron chi connectivity index (χ2n) is 19.6. The molecule has 0 aliphatic rings. The van der Waals surface area contributed by atoms with Gasteiger partial charge in [0, 0.05) is 6.42 Å². The molecular weight excluding hydrogens is 780 g/mol. The van der Waals surface area contributed by atoms with Crippen LogP contribution in [0.3, 0.4) is 0 Å². The largest absolute Gasteiger partial charge is 0.472 e. The van der Waals surface area contributed by atoms with E-state index in [1.165, 1.54) is 199 Å². The summed E-state index contributed by atoms with van der Waals surface area (Å²) in [5.74, 6) is -0.143. The minimum atomic E-state index is -4.31. The van der Waals surface area contributed by atoms with Gasteiger partial charge in [-0.3, -0.25) is 13.8 Å². The number of phosphoric ester groups is 1. The highest BCUT2D eigenvalue weighted by Gasteiger charge is 2.28. The standard InChI is InChI=1S/C52H105N2O6P/c1-6-8-10-12-14-16-18-19-20-21-22-23-24-25-26-27-28-29-30-31-32-33-34-35-36-38-40-42-44-46-52(56)53-50(49-60-61(57,58)59-48-47-54(3,4)5)51(55)45-43-41-39-37-17-15-13-11-9-7-2/h25-26,50-51,55H,6-24,27-49H2,1-5H3,(H-,53,56,57,58)/p+1/b26-25-. The molecule has 0 aliphatic carbocycles. The van der Waals surface area contributed by atoms with Crippen LogP contribution in [0, 0.1) is 0 Å². The van der Waals surface area contributed by atoms with Crippen LogP contribution in [0.2, 0.25) is 0 Å². The first-order valence-electron chi connectivity index (χ1n) is 26.6. The van der Waals surface area contributed by atoms with Gasteiger partial charge in [0.25, 0.3) is 0 Å². The van der Waals surface area contributed by atoms with Crippen LogP contribution in [0.25, 0.3) is 0 Å². The number of amides is 1. The Morgan fingerprint density at radius 3 is 1.26 bits per heavy atom. The minimum Gasteiger partial charge on any atom is -0.391 e. The number of aliphatic hydroxyl groups is 1. The molecule has 0 fully saturated rings. The van der Waals surface area contributed by atoms with Crippen molar-refractivity contribution in [2.75, 3.05) is 40.9 Å². The number of carbonyl (C=O) groups is 1. The van der Waals surface area contributed by atoms with Crippen molar-refractivity contribution in [1.29, 1.82) is 0 Å². The van der Waals surface area contributed by atoms with Gasteiger partial charge in [0.15, 0.2) is 0 Å². The number of hydrogen-bond donors (Lipinski definition) is 3. The second-order valence-corrected chi connectivity index (χ2v) is 21.1. The van der Waals surface area contributed by atoms with E-state index < -0.39 is 20.0 Å². The van der Waals surface area contributed by atoms with Crippen molar-refractivity contribution in [3.05, 3.63) is 12.2 Å². The van der Waals surface area contributed by atoms with E-state index in [0.29, 0.717) is 23.9 Å². The van der Waals surface area contributed by atoms with Gasteiger partial charge in [-0.25, -0.2) is 4.57 Å². The molecule has 8 nitrogen and oxygen atoms in total. The van der Waals surface area contributed by atoms with Crippen molar-refractivity contribution in [2.45, 2.75) is 276 Å². The lowest BCUT2D eigenvalue weighted by atomic mass is 10.0. The van der Waals surface area contributed by atoms with Crippen molar-refractivity contribution in [1.82, 2.24) is 5.32 Å². The third-order valence-corrected chi connectivity index (χ3v) is 13.2. The number of hydrogen-bond acceptors (Lipinski definition) is 5. The first kappa shape index (κ1) is 60.2. The van der Waals surface area contributed by atoms with Crippen LogP contribution in [0.4, 0.5) is 0 Å². The molecule has 0 aromatic carbocycles. The number of aliphatic hydroxyl groups excluding tert-OH is 1. The number of quaternary nitrogens is 1. The molecule has 0 bridgehead atoms. The average Bonchev–Trinajstić information content (AvgIpc) is 3.21.